The molecule has 8 heteroatoms. The monoisotopic (exact) mass is 274 g/mol. The molecule has 2 rings (SSSR count). The van der Waals surface area contributed by atoms with Gasteiger partial charge in [-0.3, -0.25) is 9.59 Å². The summed E-state index contributed by atoms with van der Waals surface area (Å²) in [6, 6.07) is 6.95. The molecular formula is C12H14N6O2. The zero-order valence-electron chi connectivity index (χ0n) is 11.0. The molecule has 0 bridgehead atoms. The van der Waals surface area contributed by atoms with Gasteiger partial charge in [0.2, 0.25) is 11.9 Å². The van der Waals surface area contributed by atoms with Crippen LogP contribution in [0.15, 0.2) is 29.1 Å². The normalized spacial score (nSPS) is 10.1. The summed E-state index contributed by atoms with van der Waals surface area (Å²) in [5.41, 5.74) is 6.42. The summed E-state index contributed by atoms with van der Waals surface area (Å²) in [4.78, 5) is 26.1. The van der Waals surface area contributed by atoms with Gasteiger partial charge in [-0.1, -0.05) is 0 Å². The first kappa shape index (κ1) is 13.5. The fourth-order valence-electron chi connectivity index (χ4n) is 1.56. The molecule has 4 N–H and O–H groups in total. The predicted octanol–water partition coefficient (Wildman–Crippen LogP) is 0.459. The van der Waals surface area contributed by atoms with E-state index in [0.717, 1.165) is 4.68 Å². The Hall–Kier alpha value is -2.90. The van der Waals surface area contributed by atoms with Crippen molar-refractivity contribution in [2.24, 2.45) is 7.05 Å². The summed E-state index contributed by atoms with van der Waals surface area (Å²) in [6.45, 7) is 1.44. The van der Waals surface area contributed by atoms with E-state index in [4.69, 9.17) is 5.73 Å². The van der Waals surface area contributed by atoms with E-state index in [1.165, 1.54) is 14.0 Å². The van der Waals surface area contributed by atoms with Crippen LogP contribution >= 0.6 is 0 Å². The van der Waals surface area contributed by atoms with Crippen LogP contribution < -0.4 is 21.9 Å². The van der Waals surface area contributed by atoms with Crippen molar-refractivity contribution in [3.8, 4) is 0 Å². The average Bonchev–Trinajstić information content (AvgIpc) is 2.37. The van der Waals surface area contributed by atoms with Gasteiger partial charge in [0, 0.05) is 25.3 Å². The number of nitrogens with two attached hydrogens (primary N) is 1. The number of carbonyl (C=O) groups is 1. The number of carbonyl (C=O) groups excluding carboxylic acids is 1. The van der Waals surface area contributed by atoms with Gasteiger partial charge >= 0.3 is 5.56 Å². The number of nitrogens with one attached hydrogen (secondary N) is 2. The van der Waals surface area contributed by atoms with E-state index in [1.807, 2.05) is 0 Å². The molecule has 0 saturated heterocycles. The maximum absolute atomic E-state index is 11.4. The zero-order valence-corrected chi connectivity index (χ0v) is 11.0. The second-order valence-electron chi connectivity index (χ2n) is 4.13. The minimum atomic E-state index is -0.448. The van der Waals surface area contributed by atoms with Gasteiger partial charge in [-0.05, 0) is 24.3 Å². The van der Waals surface area contributed by atoms with Crippen LogP contribution in [-0.2, 0) is 11.8 Å². The number of hydrogen-bond acceptors (Lipinski definition) is 6. The van der Waals surface area contributed by atoms with Gasteiger partial charge in [0.05, 0.1) is 0 Å². The maximum Gasteiger partial charge on any atom is 0.309 e. The molecule has 1 aromatic carbocycles. The summed E-state index contributed by atoms with van der Waals surface area (Å²) in [7, 11) is 1.49. The van der Waals surface area contributed by atoms with Gasteiger partial charge in [-0.25, -0.2) is 4.68 Å². The van der Waals surface area contributed by atoms with E-state index in [9.17, 15) is 9.59 Å². The molecule has 1 amide bonds. The third-order valence-corrected chi connectivity index (χ3v) is 2.45. The fourth-order valence-corrected chi connectivity index (χ4v) is 1.56. The minimum Gasteiger partial charge on any atom is -0.379 e. The molecule has 8 nitrogen and oxygen atoms in total. The Balaban J connectivity index is 2.18. The van der Waals surface area contributed by atoms with Gasteiger partial charge in [0.1, 0.15) is 0 Å². The third kappa shape index (κ3) is 3.10. The highest BCUT2D eigenvalue weighted by molar-refractivity contribution is 5.88. The lowest BCUT2D eigenvalue weighted by atomic mass is 10.3. The van der Waals surface area contributed by atoms with Crippen LogP contribution in [-0.4, -0.2) is 20.7 Å². The highest BCUT2D eigenvalue weighted by Gasteiger charge is 2.05. The van der Waals surface area contributed by atoms with Crippen LogP contribution in [0, 0.1) is 0 Å². The fraction of sp³-hybridized carbons (Fsp3) is 0.167. The van der Waals surface area contributed by atoms with Crippen molar-refractivity contribution in [1.29, 1.82) is 0 Å². The first-order valence-electron chi connectivity index (χ1n) is 5.81. The number of nitrogens with zero attached hydrogens (tertiary/aromatic N) is 3. The van der Waals surface area contributed by atoms with Crippen LogP contribution in [0.2, 0.25) is 0 Å². The Morgan fingerprint density at radius 2 is 1.85 bits per heavy atom. The van der Waals surface area contributed by atoms with E-state index < -0.39 is 5.56 Å². The molecule has 0 spiro atoms. The van der Waals surface area contributed by atoms with Crippen molar-refractivity contribution in [3.63, 3.8) is 0 Å². The summed E-state index contributed by atoms with van der Waals surface area (Å²) >= 11 is 0. The number of hydrogen-bond donors (Lipinski definition) is 3. The second-order valence-corrected chi connectivity index (χ2v) is 4.13. The quantitative estimate of drug-likeness (QED) is 0.749. The maximum atomic E-state index is 11.4. The lowest BCUT2D eigenvalue weighted by Crippen LogP contribution is -2.25. The van der Waals surface area contributed by atoms with Crippen LogP contribution in [0.1, 0.15) is 6.92 Å². The van der Waals surface area contributed by atoms with E-state index in [0.29, 0.717) is 11.4 Å². The summed E-state index contributed by atoms with van der Waals surface area (Å²) < 4.78 is 1.11. The standard InChI is InChI=1S/C12H14N6O2/c1-7(19)14-8-3-5-9(6-4-8)15-12-16-10(13)11(20)18(2)17-12/h3-6H,1-2H3,(H,14,19)(H3,13,15,16,17). The van der Waals surface area contributed by atoms with Crippen LogP contribution in [0.4, 0.5) is 23.1 Å². The van der Waals surface area contributed by atoms with Crippen LogP contribution in [0.3, 0.4) is 0 Å². The molecule has 0 aliphatic rings. The van der Waals surface area contributed by atoms with Crippen molar-refractivity contribution < 1.29 is 4.79 Å². The minimum absolute atomic E-state index is 0.125. The molecule has 20 heavy (non-hydrogen) atoms. The molecular weight excluding hydrogens is 260 g/mol. The summed E-state index contributed by atoms with van der Waals surface area (Å²) in [5, 5.41) is 9.51. The number of amides is 1. The van der Waals surface area contributed by atoms with Gasteiger partial charge in [-0.15, -0.1) is 5.10 Å². The smallest absolute Gasteiger partial charge is 0.309 e. The van der Waals surface area contributed by atoms with E-state index in [-0.39, 0.29) is 17.7 Å². The molecule has 0 unspecified atom stereocenters. The number of benzene rings is 1. The van der Waals surface area contributed by atoms with Gasteiger partial charge in [0.15, 0.2) is 5.82 Å². The highest BCUT2D eigenvalue weighted by Crippen LogP contribution is 2.16. The molecule has 1 heterocycles. The number of aromatic nitrogens is 3. The number of anilines is 4. The molecule has 0 atom stereocenters. The Labute approximate surface area is 114 Å². The first-order chi connectivity index (χ1) is 9.45. The number of aryl methyl sites for hydroxylation is 1. The highest BCUT2D eigenvalue weighted by atomic mass is 16.1. The number of nitrogen functional groups attached to an aromatic ring is 1. The summed E-state index contributed by atoms with van der Waals surface area (Å²) in [5.74, 6) is -0.0448. The van der Waals surface area contributed by atoms with Gasteiger partial charge in [-0.2, -0.15) is 4.98 Å². The largest absolute Gasteiger partial charge is 0.379 e. The van der Waals surface area contributed by atoms with E-state index >= 15 is 0 Å². The lowest BCUT2D eigenvalue weighted by Gasteiger charge is -2.07. The Morgan fingerprint density at radius 1 is 1.25 bits per heavy atom. The van der Waals surface area contributed by atoms with E-state index in [2.05, 4.69) is 20.7 Å². The van der Waals surface area contributed by atoms with Crippen LogP contribution in [0.5, 0.6) is 0 Å². The van der Waals surface area contributed by atoms with E-state index in [1.54, 1.807) is 24.3 Å². The topological polar surface area (TPSA) is 115 Å². The van der Waals surface area contributed by atoms with Gasteiger partial charge < -0.3 is 16.4 Å². The average molecular weight is 274 g/mol. The molecule has 2 aromatic rings. The Bertz CT molecular complexity index is 666. The molecule has 1 aromatic heterocycles. The molecule has 0 radical (unpaired) electrons. The van der Waals surface area contributed by atoms with Crippen molar-refractivity contribution in [2.45, 2.75) is 6.92 Å². The molecule has 104 valence electrons. The van der Waals surface area contributed by atoms with Gasteiger partial charge in [0.25, 0.3) is 0 Å². The first-order valence-corrected chi connectivity index (χ1v) is 5.81. The molecule has 0 fully saturated rings. The Morgan fingerprint density at radius 3 is 2.40 bits per heavy atom. The zero-order chi connectivity index (χ0) is 14.7. The van der Waals surface area contributed by atoms with Crippen molar-refractivity contribution in [1.82, 2.24) is 14.8 Å². The molecule has 0 aliphatic heterocycles. The second kappa shape index (κ2) is 5.39. The SMILES string of the molecule is CC(=O)Nc1ccc(Nc2nc(N)c(=O)n(C)n2)cc1. The predicted molar refractivity (Wildman–Crippen MR) is 75.7 cm³/mol. The van der Waals surface area contributed by atoms with Crippen molar-refractivity contribution in [3.05, 3.63) is 34.6 Å². The molecule has 0 aliphatic carbocycles. The molecule has 0 saturated carbocycles. The van der Waals surface area contributed by atoms with Crippen LogP contribution in [0.25, 0.3) is 0 Å². The number of rotatable bonds is 3. The van der Waals surface area contributed by atoms with Crippen molar-refractivity contribution >= 4 is 29.0 Å². The lowest BCUT2D eigenvalue weighted by molar-refractivity contribution is -0.114. The van der Waals surface area contributed by atoms with Crippen molar-refractivity contribution in [2.75, 3.05) is 16.4 Å². The third-order valence-electron chi connectivity index (χ3n) is 2.45. The Kier molecular flexibility index (Phi) is 3.65. The summed E-state index contributed by atoms with van der Waals surface area (Å²) in [6.07, 6.45) is 0.